The Hall–Kier alpha value is -2.71. The summed E-state index contributed by atoms with van der Waals surface area (Å²) in [7, 11) is 0. The van der Waals surface area contributed by atoms with Crippen LogP contribution in [0.25, 0.3) is 0 Å². The molecule has 3 aliphatic rings. The Bertz CT molecular complexity index is 1030. The van der Waals surface area contributed by atoms with Crippen molar-refractivity contribution in [1.82, 2.24) is 24.5 Å². The van der Waals surface area contributed by atoms with Gasteiger partial charge >= 0.3 is 6.03 Å². The number of aryl methyl sites for hydroxylation is 1. The van der Waals surface area contributed by atoms with Crippen LogP contribution >= 0.6 is 0 Å². The zero-order valence-corrected chi connectivity index (χ0v) is 19.7. The van der Waals surface area contributed by atoms with Crippen LogP contribution in [0.5, 0.6) is 0 Å². The van der Waals surface area contributed by atoms with Gasteiger partial charge in [-0.25, -0.2) is 4.79 Å². The third kappa shape index (κ3) is 4.68. The monoisotopic (exact) mass is 450 g/mol. The molecule has 8 heteroatoms. The zero-order valence-electron chi connectivity index (χ0n) is 19.7. The molecule has 0 saturated carbocycles. The summed E-state index contributed by atoms with van der Waals surface area (Å²) in [5, 5.41) is 4.12. The highest BCUT2D eigenvalue weighted by atomic mass is 16.2. The minimum absolute atomic E-state index is 0.130. The van der Waals surface area contributed by atoms with Crippen LogP contribution in [-0.4, -0.2) is 94.7 Å². The molecular weight excluding hydrogens is 416 g/mol. The SMILES string of the molecule is CC(=O)c1ccn(C(=O)N2CCN(Cc3ccc(C)cc3N3CCN4CCC[C@@H]4C3)CC2)n1. The molecule has 1 aromatic heterocycles. The molecule has 3 fully saturated rings. The fourth-order valence-corrected chi connectivity index (χ4v) is 5.41. The van der Waals surface area contributed by atoms with Crippen molar-refractivity contribution in [3.05, 3.63) is 47.3 Å². The van der Waals surface area contributed by atoms with Crippen molar-refractivity contribution in [1.29, 1.82) is 0 Å². The van der Waals surface area contributed by atoms with Gasteiger partial charge in [-0.2, -0.15) is 9.78 Å². The topological polar surface area (TPSA) is 64.9 Å². The molecule has 3 aliphatic heterocycles. The van der Waals surface area contributed by atoms with Crippen molar-refractivity contribution in [2.24, 2.45) is 0 Å². The predicted molar refractivity (Wildman–Crippen MR) is 128 cm³/mol. The van der Waals surface area contributed by atoms with E-state index in [4.69, 9.17) is 0 Å². The van der Waals surface area contributed by atoms with E-state index in [1.54, 1.807) is 12.3 Å². The van der Waals surface area contributed by atoms with E-state index in [2.05, 4.69) is 44.9 Å². The number of piperazine rings is 2. The van der Waals surface area contributed by atoms with Crippen LogP contribution in [0.15, 0.2) is 30.5 Å². The predicted octanol–water partition coefficient (Wildman–Crippen LogP) is 2.46. The molecule has 8 nitrogen and oxygen atoms in total. The van der Waals surface area contributed by atoms with E-state index in [-0.39, 0.29) is 11.8 Å². The average Bonchev–Trinajstić information content (AvgIpc) is 3.50. The molecule has 0 spiro atoms. The summed E-state index contributed by atoms with van der Waals surface area (Å²) in [5.74, 6) is -0.130. The number of Topliss-reactive ketones (excluding diaryl/α,β-unsaturated/α-hetero) is 1. The standard InChI is InChI=1S/C25H34N6O2/c1-19-5-6-21(24(16-19)30-15-14-28-8-3-4-22(28)18-30)17-27-10-12-29(13-11-27)25(33)31-9-7-23(26-31)20(2)32/h5-7,9,16,22H,3-4,8,10-15,17-18H2,1-2H3/t22-/m1/s1. The van der Waals surface area contributed by atoms with Crippen LogP contribution in [0.4, 0.5) is 10.5 Å². The van der Waals surface area contributed by atoms with E-state index < -0.39 is 0 Å². The summed E-state index contributed by atoms with van der Waals surface area (Å²) in [5.41, 5.74) is 4.40. The number of hydrogen-bond acceptors (Lipinski definition) is 6. The van der Waals surface area contributed by atoms with Gasteiger partial charge in [0.1, 0.15) is 5.69 Å². The van der Waals surface area contributed by atoms with E-state index in [1.807, 2.05) is 4.90 Å². The van der Waals surface area contributed by atoms with Gasteiger partial charge in [0.15, 0.2) is 5.78 Å². The van der Waals surface area contributed by atoms with Gasteiger partial charge in [-0.1, -0.05) is 12.1 Å². The molecule has 33 heavy (non-hydrogen) atoms. The lowest BCUT2D eigenvalue weighted by molar-refractivity contribution is 0.101. The summed E-state index contributed by atoms with van der Waals surface area (Å²) >= 11 is 0. The van der Waals surface area contributed by atoms with Crippen molar-refractivity contribution in [3.8, 4) is 0 Å². The lowest BCUT2D eigenvalue weighted by atomic mass is 10.0. The first-order valence-corrected chi connectivity index (χ1v) is 12.1. The molecule has 176 valence electrons. The Labute approximate surface area is 195 Å². The molecule has 3 saturated heterocycles. The first kappa shape index (κ1) is 22.1. The molecular formula is C25H34N6O2. The van der Waals surface area contributed by atoms with Gasteiger partial charge in [-0.15, -0.1) is 0 Å². The number of nitrogens with zero attached hydrogens (tertiary/aromatic N) is 6. The third-order valence-corrected chi connectivity index (χ3v) is 7.35. The smallest absolute Gasteiger partial charge is 0.344 e. The molecule has 0 unspecified atom stereocenters. The largest absolute Gasteiger partial charge is 0.368 e. The van der Waals surface area contributed by atoms with Crippen molar-refractivity contribution in [3.63, 3.8) is 0 Å². The number of aromatic nitrogens is 2. The number of hydrogen-bond donors (Lipinski definition) is 0. The summed E-state index contributed by atoms with van der Waals surface area (Å²) < 4.78 is 1.28. The summed E-state index contributed by atoms with van der Waals surface area (Å²) in [6.45, 7) is 12.2. The molecule has 1 amide bonds. The molecule has 0 radical (unpaired) electrons. The van der Waals surface area contributed by atoms with Crippen molar-refractivity contribution >= 4 is 17.5 Å². The summed E-state index contributed by atoms with van der Waals surface area (Å²) in [6, 6.07) is 9.00. The number of carbonyl (C=O) groups excluding carboxylic acids is 2. The third-order valence-electron chi connectivity index (χ3n) is 7.35. The number of benzene rings is 1. The van der Waals surface area contributed by atoms with Crippen LogP contribution in [0.3, 0.4) is 0 Å². The number of ketones is 1. The zero-order chi connectivity index (χ0) is 22.9. The summed E-state index contributed by atoms with van der Waals surface area (Å²) in [4.78, 5) is 33.8. The molecule has 1 atom stereocenters. The second-order valence-corrected chi connectivity index (χ2v) is 9.66. The van der Waals surface area contributed by atoms with Gasteiger partial charge in [-0.05, 0) is 49.6 Å². The quantitative estimate of drug-likeness (QED) is 0.667. The van der Waals surface area contributed by atoms with Gasteiger partial charge in [0.05, 0.1) is 0 Å². The normalized spacial score (nSPS) is 21.9. The molecule has 2 aromatic rings. The molecule has 0 aliphatic carbocycles. The molecule has 1 aromatic carbocycles. The van der Waals surface area contributed by atoms with Crippen LogP contribution in [0, 0.1) is 6.92 Å². The number of carbonyl (C=O) groups is 2. The van der Waals surface area contributed by atoms with Crippen molar-refractivity contribution in [2.45, 2.75) is 39.3 Å². The Morgan fingerprint density at radius 2 is 1.85 bits per heavy atom. The minimum atomic E-state index is -0.160. The van der Waals surface area contributed by atoms with E-state index in [0.29, 0.717) is 24.8 Å². The van der Waals surface area contributed by atoms with Gasteiger partial charge in [0, 0.05) is 77.2 Å². The first-order valence-electron chi connectivity index (χ1n) is 12.1. The molecule has 5 rings (SSSR count). The number of rotatable bonds is 4. The van der Waals surface area contributed by atoms with Crippen LogP contribution in [0.2, 0.25) is 0 Å². The average molecular weight is 451 g/mol. The minimum Gasteiger partial charge on any atom is -0.368 e. The van der Waals surface area contributed by atoms with Crippen LogP contribution in [-0.2, 0) is 6.54 Å². The highest BCUT2D eigenvalue weighted by Crippen LogP contribution is 2.29. The summed E-state index contributed by atoms with van der Waals surface area (Å²) in [6.07, 6.45) is 4.22. The highest BCUT2D eigenvalue weighted by Gasteiger charge is 2.31. The van der Waals surface area contributed by atoms with E-state index in [0.717, 1.165) is 39.3 Å². The lowest BCUT2D eigenvalue weighted by Crippen LogP contribution is -2.51. The highest BCUT2D eigenvalue weighted by molar-refractivity contribution is 5.92. The Kier molecular flexibility index (Phi) is 6.21. The van der Waals surface area contributed by atoms with Crippen molar-refractivity contribution in [2.75, 3.05) is 57.3 Å². The maximum absolute atomic E-state index is 12.8. The number of amides is 1. The number of fused-ring (bicyclic) bond motifs is 1. The van der Waals surface area contributed by atoms with Crippen LogP contribution in [0.1, 0.15) is 41.4 Å². The van der Waals surface area contributed by atoms with Crippen LogP contribution < -0.4 is 4.90 Å². The van der Waals surface area contributed by atoms with Gasteiger partial charge in [0.2, 0.25) is 0 Å². The van der Waals surface area contributed by atoms with E-state index in [1.165, 1.54) is 47.8 Å². The van der Waals surface area contributed by atoms with Crippen molar-refractivity contribution < 1.29 is 9.59 Å². The van der Waals surface area contributed by atoms with E-state index in [9.17, 15) is 9.59 Å². The Morgan fingerprint density at radius 3 is 2.61 bits per heavy atom. The van der Waals surface area contributed by atoms with Gasteiger partial charge in [-0.3, -0.25) is 14.6 Å². The molecule has 4 heterocycles. The van der Waals surface area contributed by atoms with Gasteiger partial charge in [0.25, 0.3) is 0 Å². The Morgan fingerprint density at radius 1 is 1.03 bits per heavy atom. The fraction of sp³-hybridized carbons (Fsp3) is 0.560. The second-order valence-electron chi connectivity index (χ2n) is 9.66. The Balaban J connectivity index is 1.22. The lowest BCUT2D eigenvalue weighted by Gasteiger charge is -2.40. The maximum Gasteiger partial charge on any atom is 0.344 e. The number of anilines is 1. The first-order chi connectivity index (χ1) is 16.0. The van der Waals surface area contributed by atoms with Gasteiger partial charge < -0.3 is 9.80 Å². The van der Waals surface area contributed by atoms with E-state index >= 15 is 0 Å². The fourth-order valence-electron chi connectivity index (χ4n) is 5.41. The second kappa shape index (κ2) is 9.27. The molecule has 0 bridgehead atoms. The maximum atomic E-state index is 12.8. The molecule has 0 N–H and O–H groups in total.